The number of methoxy groups -OCH3 is 1. The molecule has 1 heterocycles. The summed E-state index contributed by atoms with van der Waals surface area (Å²) in [5.74, 6) is -1.18. The Labute approximate surface area is 144 Å². The van der Waals surface area contributed by atoms with Crippen molar-refractivity contribution in [1.29, 1.82) is 0 Å². The fraction of sp³-hybridized carbons (Fsp3) is 0.143. The van der Waals surface area contributed by atoms with Gasteiger partial charge in [0.05, 0.1) is 12.0 Å². The molecule has 2 aromatic rings. The molecule has 0 unspecified atom stereocenters. The Hall–Kier alpha value is -2.88. The zero-order valence-corrected chi connectivity index (χ0v) is 14.3. The SMILES string of the molecule is COc1ccc(C(=O)NNC(=O)c2cc(Br)cn2C)cc1[N+](=O)[O-]. The maximum atomic E-state index is 12.0. The minimum absolute atomic E-state index is 0.0101. The quantitative estimate of drug-likeness (QED) is 0.603. The summed E-state index contributed by atoms with van der Waals surface area (Å²) in [6, 6.07) is 5.31. The Morgan fingerprint density at radius 2 is 1.92 bits per heavy atom. The smallest absolute Gasteiger partial charge is 0.311 e. The van der Waals surface area contributed by atoms with Gasteiger partial charge < -0.3 is 9.30 Å². The maximum Gasteiger partial charge on any atom is 0.311 e. The monoisotopic (exact) mass is 396 g/mol. The van der Waals surface area contributed by atoms with Crippen molar-refractivity contribution in [2.45, 2.75) is 0 Å². The van der Waals surface area contributed by atoms with Gasteiger partial charge in [-0.15, -0.1) is 0 Å². The third-order valence-electron chi connectivity index (χ3n) is 3.13. The number of benzene rings is 1. The van der Waals surface area contributed by atoms with Crippen LogP contribution in [0.25, 0.3) is 0 Å². The molecule has 0 saturated heterocycles. The van der Waals surface area contributed by atoms with E-state index in [-0.39, 0.29) is 17.0 Å². The van der Waals surface area contributed by atoms with Crippen LogP contribution in [0.4, 0.5) is 5.69 Å². The van der Waals surface area contributed by atoms with E-state index in [1.165, 1.54) is 19.2 Å². The van der Waals surface area contributed by atoms with Crippen LogP contribution in [0.5, 0.6) is 5.75 Å². The lowest BCUT2D eigenvalue weighted by molar-refractivity contribution is -0.385. The van der Waals surface area contributed by atoms with Crippen LogP contribution in [0, 0.1) is 10.1 Å². The average Bonchev–Trinajstić information content (AvgIpc) is 2.90. The van der Waals surface area contributed by atoms with E-state index in [2.05, 4.69) is 26.8 Å². The fourth-order valence-electron chi connectivity index (χ4n) is 1.97. The van der Waals surface area contributed by atoms with Gasteiger partial charge >= 0.3 is 5.69 Å². The largest absolute Gasteiger partial charge is 0.490 e. The molecule has 0 saturated carbocycles. The number of nitrogens with one attached hydrogen (secondary N) is 2. The van der Waals surface area contributed by atoms with Crippen molar-refractivity contribution in [1.82, 2.24) is 15.4 Å². The standard InChI is InChI=1S/C14H13BrN4O5/c1-18-7-9(15)6-11(18)14(21)17-16-13(20)8-3-4-12(24-2)10(5-8)19(22)23/h3-7H,1-2H3,(H,16,20)(H,17,21). The summed E-state index contributed by atoms with van der Waals surface area (Å²) >= 11 is 3.24. The minimum Gasteiger partial charge on any atom is -0.490 e. The highest BCUT2D eigenvalue weighted by Gasteiger charge is 2.19. The fourth-order valence-corrected chi connectivity index (χ4v) is 2.50. The number of carbonyl (C=O) groups excluding carboxylic acids is 2. The molecule has 126 valence electrons. The number of ether oxygens (including phenoxy) is 1. The highest BCUT2D eigenvalue weighted by molar-refractivity contribution is 9.10. The summed E-state index contributed by atoms with van der Waals surface area (Å²) in [4.78, 5) is 34.3. The topological polar surface area (TPSA) is 116 Å². The molecule has 0 spiro atoms. The molecule has 9 nitrogen and oxygen atoms in total. The molecule has 0 atom stereocenters. The first-order chi connectivity index (χ1) is 11.3. The van der Waals surface area contributed by atoms with E-state index in [1.54, 1.807) is 23.9 Å². The molecule has 2 amide bonds. The number of amides is 2. The van der Waals surface area contributed by atoms with Gasteiger partial charge in [-0.1, -0.05) is 0 Å². The van der Waals surface area contributed by atoms with Crippen molar-refractivity contribution in [3.63, 3.8) is 0 Å². The summed E-state index contributed by atoms with van der Waals surface area (Å²) < 4.78 is 7.15. The van der Waals surface area contributed by atoms with Crippen LogP contribution in [0.1, 0.15) is 20.8 Å². The van der Waals surface area contributed by atoms with E-state index in [0.29, 0.717) is 10.2 Å². The Balaban J connectivity index is 2.10. The van der Waals surface area contributed by atoms with Crippen molar-refractivity contribution in [3.8, 4) is 5.75 Å². The van der Waals surface area contributed by atoms with Crippen molar-refractivity contribution < 1.29 is 19.2 Å². The Morgan fingerprint density at radius 3 is 2.46 bits per heavy atom. The first-order valence-corrected chi connectivity index (χ1v) is 7.37. The minimum atomic E-state index is -0.692. The van der Waals surface area contributed by atoms with Crippen LogP contribution in [0.2, 0.25) is 0 Å². The number of hydrazine groups is 1. The van der Waals surface area contributed by atoms with Crippen LogP contribution >= 0.6 is 15.9 Å². The molecule has 0 radical (unpaired) electrons. The van der Waals surface area contributed by atoms with Gasteiger partial charge in [0, 0.05) is 29.3 Å². The number of nitrogens with zero attached hydrogens (tertiary/aromatic N) is 2. The lowest BCUT2D eigenvalue weighted by atomic mass is 10.2. The molecule has 0 aliphatic carbocycles. The third kappa shape index (κ3) is 3.71. The van der Waals surface area contributed by atoms with E-state index in [1.807, 2.05) is 0 Å². The zero-order chi connectivity index (χ0) is 17.9. The average molecular weight is 397 g/mol. The summed E-state index contributed by atoms with van der Waals surface area (Å²) in [6.45, 7) is 0. The van der Waals surface area contributed by atoms with Crippen molar-refractivity contribution in [2.75, 3.05) is 7.11 Å². The second kappa shape index (κ2) is 7.13. The number of nitro benzene ring substituents is 1. The number of hydrogen-bond acceptors (Lipinski definition) is 5. The van der Waals surface area contributed by atoms with Crippen LogP contribution in [0.15, 0.2) is 34.9 Å². The highest BCUT2D eigenvalue weighted by atomic mass is 79.9. The summed E-state index contributed by atoms with van der Waals surface area (Å²) in [5, 5.41) is 11.0. The molecule has 2 N–H and O–H groups in total. The van der Waals surface area contributed by atoms with Crippen LogP contribution < -0.4 is 15.6 Å². The van der Waals surface area contributed by atoms with Gasteiger partial charge in [-0.25, -0.2) is 0 Å². The van der Waals surface area contributed by atoms with E-state index < -0.39 is 16.7 Å². The van der Waals surface area contributed by atoms with Gasteiger partial charge in [-0.3, -0.25) is 30.6 Å². The Kier molecular flexibility index (Phi) is 5.19. The van der Waals surface area contributed by atoms with E-state index >= 15 is 0 Å². The van der Waals surface area contributed by atoms with Gasteiger partial charge in [-0.05, 0) is 34.1 Å². The number of carbonyl (C=O) groups is 2. The second-order valence-electron chi connectivity index (χ2n) is 4.71. The first-order valence-electron chi connectivity index (χ1n) is 6.58. The second-order valence-corrected chi connectivity index (χ2v) is 5.62. The van der Waals surface area contributed by atoms with Crippen molar-refractivity contribution in [2.24, 2.45) is 7.05 Å². The molecule has 2 rings (SSSR count). The third-order valence-corrected chi connectivity index (χ3v) is 3.57. The number of rotatable bonds is 4. The van der Waals surface area contributed by atoms with Gasteiger partial charge in [0.25, 0.3) is 11.8 Å². The Bertz CT molecular complexity index is 817. The lowest BCUT2D eigenvalue weighted by Gasteiger charge is -2.08. The first kappa shape index (κ1) is 17.5. The Morgan fingerprint density at radius 1 is 1.25 bits per heavy atom. The molecule has 0 aliphatic rings. The highest BCUT2D eigenvalue weighted by Crippen LogP contribution is 2.27. The van der Waals surface area contributed by atoms with Gasteiger partial charge in [-0.2, -0.15) is 0 Å². The maximum absolute atomic E-state index is 12.0. The molecule has 0 fully saturated rings. The predicted octanol–water partition coefficient (Wildman–Crippen LogP) is 1.78. The van der Waals surface area contributed by atoms with Gasteiger partial charge in [0.15, 0.2) is 5.75 Å². The molecular formula is C14H13BrN4O5. The van der Waals surface area contributed by atoms with E-state index in [4.69, 9.17) is 4.74 Å². The molecule has 10 heteroatoms. The molecular weight excluding hydrogens is 384 g/mol. The number of hydrogen-bond donors (Lipinski definition) is 2. The zero-order valence-electron chi connectivity index (χ0n) is 12.7. The molecule has 24 heavy (non-hydrogen) atoms. The normalized spacial score (nSPS) is 10.1. The van der Waals surface area contributed by atoms with Crippen LogP contribution in [-0.2, 0) is 7.05 Å². The molecule has 1 aromatic heterocycles. The van der Waals surface area contributed by atoms with E-state index in [0.717, 1.165) is 6.07 Å². The van der Waals surface area contributed by atoms with E-state index in [9.17, 15) is 19.7 Å². The van der Waals surface area contributed by atoms with Gasteiger partial charge in [0.1, 0.15) is 5.69 Å². The number of halogens is 1. The molecule has 0 bridgehead atoms. The van der Waals surface area contributed by atoms with Crippen molar-refractivity contribution in [3.05, 3.63) is 56.3 Å². The molecule has 0 aliphatic heterocycles. The summed E-state index contributed by atoms with van der Waals surface area (Å²) in [6.07, 6.45) is 1.68. The van der Waals surface area contributed by atoms with Crippen LogP contribution in [-0.4, -0.2) is 28.4 Å². The van der Waals surface area contributed by atoms with Crippen LogP contribution in [0.3, 0.4) is 0 Å². The lowest BCUT2D eigenvalue weighted by Crippen LogP contribution is -2.42. The van der Waals surface area contributed by atoms with Crippen molar-refractivity contribution >= 4 is 33.4 Å². The number of nitro groups is 1. The summed E-state index contributed by atoms with van der Waals surface area (Å²) in [7, 11) is 2.97. The summed E-state index contributed by atoms with van der Waals surface area (Å²) in [5.41, 5.74) is 4.44. The molecule has 1 aromatic carbocycles. The number of aromatic nitrogens is 1. The van der Waals surface area contributed by atoms with Gasteiger partial charge in [0.2, 0.25) is 0 Å². The number of aryl methyl sites for hydroxylation is 1. The predicted molar refractivity (Wildman–Crippen MR) is 87.7 cm³/mol.